The van der Waals surface area contributed by atoms with E-state index < -0.39 is 11.8 Å². The van der Waals surface area contributed by atoms with E-state index in [9.17, 15) is 4.79 Å². The molecule has 0 aliphatic heterocycles. The van der Waals surface area contributed by atoms with Crippen LogP contribution in [0.4, 0.5) is 0 Å². The average Bonchev–Trinajstić information content (AvgIpc) is 2.56. The number of nitrogens with zero attached hydrogens (tertiary/aromatic N) is 3. The number of nitriles is 2. The first kappa shape index (κ1) is 14.4. The molecule has 0 saturated carbocycles. The van der Waals surface area contributed by atoms with E-state index >= 15 is 0 Å². The van der Waals surface area contributed by atoms with Gasteiger partial charge >= 0.3 is 0 Å². The second-order valence-corrected chi connectivity index (χ2v) is 4.60. The van der Waals surface area contributed by atoms with Gasteiger partial charge in [0.25, 0.3) is 0 Å². The van der Waals surface area contributed by atoms with Gasteiger partial charge in [-0.25, -0.2) is 0 Å². The van der Waals surface area contributed by atoms with Gasteiger partial charge in [-0.05, 0) is 17.7 Å². The molecule has 1 atom stereocenters. The van der Waals surface area contributed by atoms with Crippen molar-refractivity contribution in [2.75, 3.05) is 0 Å². The summed E-state index contributed by atoms with van der Waals surface area (Å²) < 4.78 is 0. The van der Waals surface area contributed by atoms with Gasteiger partial charge in [-0.1, -0.05) is 36.4 Å². The Labute approximate surface area is 123 Å². The van der Waals surface area contributed by atoms with Crippen molar-refractivity contribution in [1.82, 2.24) is 4.98 Å². The van der Waals surface area contributed by atoms with Crippen LogP contribution in [0.3, 0.4) is 0 Å². The number of aromatic nitrogens is 1. The second-order valence-electron chi connectivity index (χ2n) is 4.60. The normalized spacial score (nSPS) is 11.4. The number of carbonyl (C=O) groups is 1. The second kappa shape index (κ2) is 6.98. The molecule has 0 radical (unpaired) electrons. The molecular formula is C17H13N3O. The van der Waals surface area contributed by atoms with Crippen LogP contribution >= 0.6 is 0 Å². The van der Waals surface area contributed by atoms with Gasteiger partial charge in [-0.3, -0.25) is 9.78 Å². The first-order valence-electron chi connectivity index (χ1n) is 6.54. The van der Waals surface area contributed by atoms with Gasteiger partial charge in [0.1, 0.15) is 11.6 Å². The SMILES string of the molecule is N#CC(C#N)[C@H](CC(=O)c1ccccn1)c1ccccc1. The molecule has 4 heteroatoms. The van der Waals surface area contributed by atoms with Crippen molar-refractivity contribution in [2.45, 2.75) is 12.3 Å². The summed E-state index contributed by atoms with van der Waals surface area (Å²) in [4.78, 5) is 16.3. The predicted octanol–water partition coefficient (Wildman–Crippen LogP) is 3.10. The fourth-order valence-electron chi connectivity index (χ4n) is 2.17. The number of rotatable bonds is 5. The number of hydrogen-bond acceptors (Lipinski definition) is 4. The minimum absolute atomic E-state index is 0.0901. The maximum absolute atomic E-state index is 12.3. The highest BCUT2D eigenvalue weighted by Gasteiger charge is 2.26. The number of Topliss-reactive ketones (excluding diaryl/α,β-unsaturated/α-hetero) is 1. The first-order valence-corrected chi connectivity index (χ1v) is 6.54. The van der Waals surface area contributed by atoms with Crippen LogP contribution in [-0.2, 0) is 0 Å². The molecule has 4 nitrogen and oxygen atoms in total. The maximum atomic E-state index is 12.3. The Balaban J connectivity index is 2.28. The smallest absolute Gasteiger partial charge is 0.181 e. The molecule has 0 spiro atoms. The van der Waals surface area contributed by atoms with E-state index in [1.807, 2.05) is 42.5 Å². The Bertz CT molecular complexity index is 669. The highest BCUT2D eigenvalue weighted by atomic mass is 16.1. The quantitative estimate of drug-likeness (QED) is 0.785. The average molecular weight is 275 g/mol. The summed E-state index contributed by atoms with van der Waals surface area (Å²) >= 11 is 0. The lowest BCUT2D eigenvalue weighted by Gasteiger charge is -2.16. The Morgan fingerprint density at radius 3 is 2.29 bits per heavy atom. The topological polar surface area (TPSA) is 77.5 Å². The third-order valence-corrected chi connectivity index (χ3v) is 3.26. The number of benzene rings is 1. The molecular weight excluding hydrogens is 262 g/mol. The number of hydrogen-bond donors (Lipinski definition) is 0. The zero-order chi connectivity index (χ0) is 15.1. The van der Waals surface area contributed by atoms with Gasteiger partial charge in [0.15, 0.2) is 5.78 Å². The van der Waals surface area contributed by atoms with Crippen LogP contribution in [-0.4, -0.2) is 10.8 Å². The summed E-state index contributed by atoms with van der Waals surface area (Å²) in [6, 6.07) is 18.2. The highest BCUT2D eigenvalue weighted by Crippen LogP contribution is 2.28. The number of pyridine rings is 1. The van der Waals surface area contributed by atoms with E-state index in [1.54, 1.807) is 24.4 Å². The first-order chi connectivity index (χ1) is 10.3. The summed E-state index contributed by atoms with van der Waals surface area (Å²) in [6.45, 7) is 0. The molecule has 0 aliphatic rings. The minimum atomic E-state index is -0.861. The Kier molecular flexibility index (Phi) is 4.79. The van der Waals surface area contributed by atoms with Crippen molar-refractivity contribution in [3.8, 4) is 12.1 Å². The summed E-state index contributed by atoms with van der Waals surface area (Å²) in [5, 5.41) is 18.3. The Morgan fingerprint density at radius 1 is 1.05 bits per heavy atom. The third kappa shape index (κ3) is 3.52. The van der Waals surface area contributed by atoms with Gasteiger partial charge in [0.05, 0.1) is 12.1 Å². The summed E-state index contributed by atoms with van der Waals surface area (Å²) in [7, 11) is 0. The lowest BCUT2D eigenvalue weighted by atomic mass is 9.83. The number of carbonyl (C=O) groups excluding carboxylic acids is 1. The van der Waals surface area contributed by atoms with Crippen molar-refractivity contribution in [3.63, 3.8) is 0 Å². The van der Waals surface area contributed by atoms with Gasteiger partial charge in [-0.2, -0.15) is 10.5 Å². The van der Waals surface area contributed by atoms with Crippen molar-refractivity contribution in [2.24, 2.45) is 5.92 Å². The third-order valence-electron chi connectivity index (χ3n) is 3.26. The molecule has 1 heterocycles. The van der Waals surface area contributed by atoms with E-state index in [0.29, 0.717) is 5.69 Å². The van der Waals surface area contributed by atoms with Crippen molar-refractivity contribution >= 4 is 5.78 Å². The minimum Gasteiger partial charge on any atom is -0.292 e. The molecule has 0 aliphatic carbocycles. The van der Waals surface area contributed by atoms with E-state index in [-0.39, 0.29) is 12.2 Å². The van der Waals surface area contributed by atoms with Gasteiger partial charge in [-0.15, -0.1) is 0 Å². The molecule has 21 heavy (non-hydrogen) atoms. The molecule has 2 rings (SSSR count). The summed E-state index contributed by atoms with van der Waals surface area (Å²) in [5.74, 6) is -1.48. The Morgan fingerprint density at radius 2 is 1.71 bits per heavy atom. The molecule has 1 aromatic heterocycles. The van der Waals surface area contributed by atoms with E-state index in [1.165, 1.54) is 0 Å². The molecule has 0 fully saturated rings. The van der Waals surface area contributed by atoms with E-state index in [2.05, 4.69) is 4.98 Å². The zero-order valence-electron chi connectivity index (χ0n) is 11.3. The van der Waals surface area contributed by atoms with Crippen LogP contribution in [0.5, 0.6) is 0 Å². The van der Waals surface area contributed by atoms with Gasteiger partial charge < -0.3 is 0 Å². The molecule has 0 unspecified atom stereocenters. The lowest BCUT2D eigenvalue weighted by molar-refractivity contribution is 0.0966. The Hall–Kier alpha value is -2.98. The molecule has 2 aromatic rings. The number of ketones is 1. The fourth-order valence-corrected chi connectivity index (χ4v) is 2.17. The van der Waals surface area contributed by atoms with E-state index in [4.69, 9.17) is 10.5 Å². The molecule has 0 N–H and O–H groups in total. The van der Waals surface area contributed by atoms with Crippen LogP contribution in [0.1, 0.15) is 28.4 Å². The van der Waals surface area contributed by atoms with E-state index in [0.717, 1.165) is 5.56 Å². The molecule has 1 aromatic carbocycles. The van der Waals surface area contributed by atoms with Crippen LogP contribution < -0.4 is 0 Å². The lowest BCUT2D eigenvalue weighted by Crippen LogP contribution is -2.15. The van der Waals surface area contributed by atoms with Crippen LogP contribution in [0, 0.1) is 28.6 Å². The molecule has 102 valence electrons. The van der Waals surface area contributed by atoms with Gasteiger partial charge in [0.2, 0.25) is 0 Å². The maximum Gasteiger partial charge on any atom is 0.181 e. The molecule has 0 saturated heterocycles. The predicted molar refractivity (Wildman–Crippen MR) is 77.1 cm³/mol. The standard InChI is InChI=1S/C17H13N3O/c18-11-14(12-19)15(13-6-2-1-3-7-13)10-17(21)16-8-4-5-9-20-16/h1-9,14-15H,10H2/t15-/m1/s1. The van der Waals surface area contributed by atoms with Crippen LogP contribution in [0.15, 0.2) is 54.7 Å². The summed E-state index contributed by atoms with van der Waals surface area (Å²) in [5.41, 5.74) is 1.17. The van der Waals surface area contributed by atoms with Crippen molar-refractivity contribution < 1.29 is 4.79 Å². The van der Waals surface area contributed by atoms with Crippen molar-refractivity contribution in [1.29, 1.82) is 10.5 Å². The van der Waals surface area contributed by atoms with Crippen LogP contribution in [0.2, 0.25) is 0 Å². The molecule has 0 bridgehead atoms. The largest absolute Gasteiger partial charge is 0.292 e. The van der Waals surface area contributed by atoms with Gasteiger partial charge in [0, 0.05) is 18.5 Å². The molecule has 0 amide bonds. The summed E-state index contributed by atoms with van der Waals surface area (Å²) in [6.07, 6.45) is 1.64. The zero-order valence-corrected chi connectivity index (χ0v) is 11.3. The highest BCUT2D eigenvalue weighted by molar-refractivity contribution is 5.94. The van der Waals surface area contributed by atoms with Crippen molar-refractivity contribution in [3.05, 3.63) is 66.0 Å². The van der Waals surface area contributed by atoms with Crippen LogP contribution in [0.25, 0.3) is 0 Å². The fraction of sp³-hybridized carbons (Fsp3) is 0.176. The monoisotopic (exact) mass is 275 g/mol.